The van der Waals surface area contributed by atoms with Gasteiger partial charge in [0.15, 0.2) is 0 Å². The van der Waals surface area contributed by atoms with E-state index in [9.17, 15) is 39.5 Å². The molecule has 0 fully saturated rings. The minimum absolute atomic E-state index is 0. The van der Waals surface area contributed by atoms with E-state index in [0.717, 1.165) is 178 Å². The molecule has 593 valence electrons. The number of benzene rings is 8. The van der Waals surface area contributed by atoms with Gasteiger partial charge in [-0.1, -0.05) is 91.0 Å². The zero-order valence-electron chi connectivity index (χ0n) is 61.0. The molecule has 14 aromatic rings. The molecule has 0 aliphatic rings. The van der Waals surface area contributed by atoms with Gasteiger partial charge >= 0.3 is 86.6 Å². The predicted molar refractivity (Wildman–Crippen MR) is 422 cm³/mol. The third kappa shape index (κ3) is 29.9. The van der Waals surface area contributed by atoms with E-state index < -0.39 is 19.6 Å². The summed E-state index contributed by atoms with van der Waals surface area (Å²) < 4.78 is 119. The van der Waals surface area contributed by atoms with Gasteiger partial charge in [-0.15, -0.1) is 89.5 Å². The molecule has 0 aliphatic carbocycles. The SMILES string of the molecule is Fc1c[c-]c(-c2ccc(CCc3cc(CCc4ccc(-c5[c-]cc(F)cc5)nc4)cc(CCc4ccc(-c5[c-]cc(F)cc5)nc4)c3)cn2)cc1.Fc1ccc(-c2ccc(CCc3cc(CCc4ccc(-c5ccc(F)cc5)nc4)cc(CCc4ccc(-c5ccc(F)cc5)nc4)c3)cn2)cc1.O=[C-]C(F)(F)F.[Cl][Ir]([Cl])[Cl].[Ir+3].[O]=[Ag]. The summed E-state index contributed by atoms with van der Waals surface area (Å²) in [5.74, 6) is -1.73. The number of rotatable bonds is 24. The van der Waals surface area contributed by atoms with Crippen molar-refractivity contribution in [1.29, 1.82) is 0 Å². The number of halogens is 12. The van der Waals surface area contributed by atoms with Crippen molar-refractivity contribution in [3.8, 4) is 67.5 Å². The first kappa shape index (κ1) is 89.3. The van der Waals surface area contributed by atoms with Gasteiger partial charge in [0.1, 0.15) is 17.5 Å². The van der Waals surface area contributed by atoms with Gasteiger partial charge in [-0.2, -0.15) is 6.29 Å². The Morgan fingerprint density at radius 3 is 0.617 bits per heavy atom. The molecule has 0 radical (unpaired) electrons. The standard InChI is InChI=1S/C45H36F3N3.C45H33F3N3.C2F3O.Ag.3ClH.2Ir.O/c2*46-40-16-10-37(11-17-40)43-22-7-31(28-49-43)1-4-34-25-35(5-2-32-8-23-44(50-29-32)38-12-18-41(47)19-13-38)27-36(26-34)6-3-33-9-24-45(51-30-33)39-14-20-42(48)21-15-39;3-2(4,5)1-6;;;;;;;/h7-30H,1-6H2;7-10,12,14,16-30H,1-6H2;;;3*1H;;;/q;-3;-1;;;;;2*+3;/p-3. The average molecular weight is 2060 g/mol. The minimum atomic E-state index is -4.76. The summed E-state index contributed by atoms with van der Waals surface area (Å²) in [6, 6.07) is 79.5. The zero-order valence-corrected chi connectivity index (χ0v) is 69.5. The van der Waals surface area contributed by atoms with E-state index in [4.69, 9.17) is 36.8 Å². The second-order valence-electron chi connectivity index (χ2n) is 26.2. The van der Waals surface area contributed by atoms with E-state index in [1.165, 1.54) is 106 Å². The molecule has 6 aromatic heterocycles. The van der Waals surface area contributed by atoms with E-state index in [1.54, 1.807) is 75.6 Å². The van der Waals surface area contributed by atoms with Crippen LogP contribution in [0, 0.1) is 53.1 Å². The number of aromatic nitrogens is 6. The first-order chi connectivity index (χ1) is 55.2. The molecule has 0 amide bonds. The molecule has 6 heterocycles. The number of nitrogens with zero attached hydrogens (tertiary/aromatic N) is 6. The Balaban J connectivity index is 0.000000229. The molecular formula is C92H69AgCl3F9Ir2N6O2-. The molecular weight excluding hydrogens is 1990 g/mol. The number of pyridine rings is 6. The van der Waals surface area contributed by atoms with Crippen LogP contribution in [0.2, 0.25) is 0 Å². The van der Waals surface area contributed by atoms with E-state index in [1.807, 2.05) is 73.6 Å². The van der Waals surface area contributed by atoms with Crippen LogP contribution in [0.1, 0.15) is 66.8 Å². The van der Waals surface area contributed by atoms with Crippen LogP contribution in [0.4, 0.5) is 39.5 Å². The zero-order chi connectivity index (χ0) is 80.8. The number of hydrogen-bond acceptors (Lipinski definition) is 8. The molecule has 115 heavy (non-hydrogen) atoms. The Labute approximate surface area is 705 Å². The maximum atomic E-state index is 13.4. The third-order valence-electron chi connectivity index (χ3n) is 18.1. The summed E-state index contributed by atoms with van der Waals surface area (Å²) in [6.45, 7) is 0. The summed E-state index contributed by atoms with van der Waals surface area (Å²) in [4.78, 5) is 36.3. The molecule has 0 aliphatic heterocycles. The molecule has 8 aromatic carbocycles. The summed E-state index contributed by atoms with van der Waals surface area (Å²) in [5.41, 5.74) is 24.2. The van der Waals surface area contributed by atoms with Gasteiger partial charge in [0.05, 0.1) is 17.1 Å². The predicted octanol–water partition coefficient (Wildman–Crippen LogP) is 23.3. The van der Waals surface area contributed by atoms with Crippen molar-refractivity contribution in [1.82, 2.24) is 29.9 Å². The topological polar surface area (TPSA) is 111 Å². The molecule has 0 unspecified atom stereocenters. The molecule has 0 N–H and O–H groups in total. The quantitative estimate of drug-likeness (QED) is 0.0334. The number of hydrogen-bond donors (Lipinski definition) is 0. The van der Waals surface area contributed by atoms with Crippen LogP contribution in [-0.4, -0.2) is 42.4 Å². The van der Waals surface area contributed by atoms with Gasteiger partial charge in [0.25, 0.3) is 6.18 Å². The van der Waals surface area contributed by atoms with Gasteiger partial charge in [0, 0.05) is 71.3 Å². The summed E-state index contributed by atoms with van der Waals surface area (Å²) in [6.07, 6.45) is 16.7. The van der Waals surface area contributed by atoms with Crippen LogP contribution >= 0.6 is 28.8 Å². The van der Waals surface area contributed by atoms with Crippen molar-refractivity contribution >= 4 is 35.0 Å². The summed E-state index contributed by atoms with van der Waals surface area (Å²) >= 11 is -0.217. The second-order valence-corrected chi connectivity index (χ2v) is 36.5. The van der Waals surface area contributed by atoms with Crippen LogP contribution in [0.3, 0.4) is 0 Å². The van der Waals surface area contributed by atoms with Crippen molar-refractivity contribution < 1.29 is 102 Å². The van der Waals surface area contributed by atoms with Crippen LogP contribution in [0.15, 0.2) is 274 Å². The summed E-state index contributed by atoms with van der Waals surface area (Å²) in [5, 5.41) is 0. The Kier molecular flexibility index (Phi) is 35.5. The first-order valence-corrected chi connectivity index (χ1v) is 45.1. The van der Waals surface area contributed by atoms with Crippen molar-refractivity contribution in [3.05, 3.63) is 394 Å². The summed E-state index contributed by atoms with van der Waals surface area (Å²) in [7, 11) is 14.9. The van der Waals surface area contributed by atoms with Gasteiger partial charge in [-0.3, -0.25) is 28.1 Å². The van der Waals surface area contributed by atoms with Crippen molar-refractivity contribution in [3.63, 3.8) is 0 Å². The van der Waals surface area contributed by atoms with Crippen molar-refractivity contribution in [2.75, 3.05) is 0 Å². The monoisotopic (exact) mass is 2060 g/mol. The fraction of sp³-hybridized carbons (Fsp3) is 0.141. The molecule has 0 saturated heterocycles. The Hall–Kier alpha value is -9.59. The fourth-order valence-corrected chi connectivity index (χ4v) is 12.3. The van der Waals surface area contributed by atoms with Gasteiger partial charge in [-0.25, -0.2) is 26.3 Å². The molecule has 0 spiro atoms. The normalized spacial score (nSPS) is 10.9. The van der Waals surface area contributed by atoms with Gasteiger partial charge < -0.3 is 19.7 Å². The number of carbonyl (C=O) groups excluding carboxylic acids is 1. The third-order valence-corrected chi connectivity index (χ3v) is 18.1. The van der Waals surface area contributed by atoms with Crippen molar-refractivity contribution in [2.24, 2.45) is 0 Å². The number of alkyl halides is 3. The van der Waals surface area contributed by atoms with E-state index in [2.05, 4.69) is 121 Å². The van der Waals surface area contributed by atoms with Crippen LogP contribution < -0.4 is 0 Å². The van der Waals surface area contributed by atoms with E-state index >= 15 is 0 Å². The van der Waals surface area contributed by atoms with Crippen LogP contribution in [-0.2, 0) is 140 Å². The fourth-order valence-electron chi connectivity index (χ4n) is 12.3. The molecule has 14 rings (SSSR count). The van der Waals surface area contributed by atoms with Gasteiger partial charge in [0.2, 0.25) is 0 Å². The average Bonchev–Trinajstić information content (AvgIpc) is 0.823. The molecule has 0 saturated carbocycles. The molecule has 8 nitrogen and oxygen atoms in total. The van der Waals surface area contributed by atoms with E-state index in [0.29, 0.717) is 0 Å². The maximum absolute atomic E-state index is 13.4. The number of aryl methyl sites for hydroxylation is 12. The molecule has 0 atom stereocenters. The Bertz CT molecular complexity index is 4460. The molecule has 23 heteroatoms. The first-order valence-electron chi connectivity index (χ1n) is 35.6. The van der Waals surface area contributed by atoms with Crippen molar-refractivity contribution in [2.45, 2.75) is 83.2 Å². The van der Waals surface area contributed by atoms with Crippen LogP contribution in [0.5, 0.6) is 0 Å². The van der Waals surface area contributed by atoms with Gasteiger partial charge in [-0.05, 0) is 252 Å². The molecule has 0 bridgehead atoms. The Morgan fingerprint density at radius 2 is 0.461 bits per heavy atom. The second kappa shape index (κ2) is 45.6. The van der Waals surface area contributed by atoms with Crippen LogP contribution in [0.25, 0.3) is 67.5 Å². The Morgan fingerprint density at radius 1 is 0.287 bits per heavy atom. The van der Waals surface area contributed by atoms with E-state index in [-0.39, 0.29) is 61.3 Å².